The Kier molecular flexibility index (Phi) is 3.90. The summed E-state index contributed by atoms with van der Waals surface area (Å²) in [5.41, 5.74) is 7.32. The molecule has 1 aromatic carbocycles. The first-order valence-electron chi connectivity index (χ1n) is 6.54. The maximum Gasteiger partial charge on any atom is 0.241 e. The minimum absolute atomic E-state index is 0.177. The Hall–Kier alpha value is -2.14. The molecular weight excluding hydrogens is 252 g/mol. The highest BCUT2D eigenvalue weighted by Crippen LogP contribution is 2.19. The molecule has 0 unspecified atom stereocenters. The summed E-state index contributed by atoms with van der Waals surface area (Å²) < 4.78 is 1.76. The fraction of sp³-hybridized carbons (Fsp3) is 0.333. The lowest BCUT2D eigenvalue weighted by Gasteiger charge is -2.25. The number of carbonyl (C=O) groups is 1. The third-order valence-corrected chi connectivity index (χ3v) is 3.12. The SMILES string of the molecule is CC(C)(C)[C@H](N)C(=O)Nc1ccc(-n2cccn2)cc1. The second-order valence-electron chi connectivity index (χ2n) is 5.83. The highest BCUT2D eigenvalue weighted by atomic mass is 16.2. The van der Waals surface area contributed by atoms with E-state index in [9.17, 15) is 4.79 Å². The standard InChI is InChI=1S/C15H20N4O/c1-15(2,3)13(16)14(20)18-11-5-7-12(8-6-11)19-10-4-9-17-19/h4-10,13H,16H2,1-3H3,(H,18,20)/t13-/m1/s1. The minimum atomic E-state index is -0.548. The molecule has 0 aliphatic heterocycles. The van der Waals surface area contributed by atoms with Crippen LogP contribution in [0.1, 0.15) is 20.8 Å². The molecule has 0 aliphatic rings. The van der Waals surface area contributed by atoms with E-state index in [1.807, 2.05) is 57.3 Å². The lowest BCUT2D eigenvalue weighted by Crippen LogP contribution is -2.45. The lowest BCUT2D eigenvalue weighted by atomic mass is 9.87. The van der Waals surface area contributed by atoms with Crippen molar-refractivity contribution >= 4 is 11.6 Å². The number of carbonyl (C=O) groups excluding carboxylic acids is 1. The zero-order chi connectivity index (χ0) is 14.8. The van der Waals surface area contributed by atoms with E-state index in [-0.39, 0.29) is 11.3 Å². The molecule has 2 rings (SSSR count). The van der Waals surface area contributed by atoms with E-state index in [1.165, 1.54) is 0 Å². The molecule has 5 nitrogen and oxygen atoms in total. The fourth-order valence-corrected chi connectivity index (χ4v) is 1.73. The van der Waals surface area contributed by atoms with E-state index >= 15 is 0 Å². The van der Waals surface area contributed by atoms with Gasteiger partial charge in [0.15, 0.2) is 0 Å². The average molecular weight is 272 g/mol. The molecule has 2 aromatic rings. The van der Waals surface area contributed by atoms with Crippen LogP contribution in [-0.4, -0.2) is 21.7 Å². The number of rotatable bonds is 3. The zero-order valence-corrected chi connectivity index (χ0v) is 12.0. The molecule has 0 saturated heterocycles. The van der Waals surface area contributed by atoms with Crippen LogP contribution >= 0.6 is 0 Å². The number of benzene rings is 1. The molecule has 1 heterocycles. The van der Waals surface area contributed by atoms with Crippen molar-refractivity contribution in [2.24, 2.45) is 11.1 Å². The predicted octanol–water partition coefficient (Wildman–Crippen LogP) is 2.18. The molecule has 5 heteroatoms. The Morgan fingerprint density at radius 1 is 1.30 bits per heavy atom. The van der Waals surface area contributed by atoms with Crippen LogP contribution in [0.5, 0.6) is 0 Å². The topological polar surface area (TPSA) is 72.9 Å². The minimum Gasteiger partial charge on any atom is -0.325 e. The molecule has 0 radical (unpaired) electrons. The number of amides is 1. The van der Waals surface area contributed by atoms with Gasteiger partial charge in [0.05, 0.1) is 11.7 Å². The first kappa shape index (κ1) is 14.3. The molecular formula is C15H20N4O. The van der Waals surface area contributed by atoms with Gasteiger partial charge in [0.25, 0.3) is 0 Å². The number of hydrogen-bond donors (Lipinski definition) is 2. The quantitative estimate of drug-likeness (QED) is 0.899. The maximum atomic E-state index is 12.0. The molecule has 1 atom stereocenters. The van der Waals surface area contributed by atoms with Crippen LogP contribution in [0.2, 0.25) is 0 Å². The van der Waals surface area contributed by atoms with Crippen molar-refractivity contribution in [2.75, 3.05) is 5.32 Å². The number of nitrogens with one attached hydrogen (secondary N) is 1. The van der Waals surface area contributed by atoms with E-state index in [4.69, 9.17) is 5.73 Å². The Morgan fingerprint density at radius 2 is 1.95 bits per heavy atom. The molecule has 106 valence electrons. The second-order valence-corrected chi connectivity index (χ2v) is 5.83. The third-order valence-electron chi connectivity index (χ3n) is 3.12. The van der Waals surface area contributed by atoms with Gasteiger partial charge in [-0.1, -0.05) is 20.8 Å². The largest absolute Gasteiger partial charge is 0.325 e. The van der Waals surface area contributed by atoms with Crippen molar-refractivity contribution in [2.45, 2.75) is 26.8 Å². The van der Waals surface area contributed by atoms with E-state index in [0.29, 0.717) is 0 Å². The molecule has 0 fully saturated rings. The molecule has 0 saturated carbocycles. The number of anilines is 1. The van der Waals surface area contributed by atoms with Crippen molar-refractivity contribution in [3.63, 3.8) is 0 Å². The Balaban J connectivity index is 2.06. The van der Waals surface area contributed by atoms with Crippen LogP contribution in [0, 0.1) is 5.41 Å². The van der Waals surface area contributed by atoms with Gasteiger partial charge in [0, 0.05) is 18.1 Å². The summed E-state index contributed by atoms with van der Waals surface area (Å²) in [6.07, 6.45) is 3.58. The van der Waals surface area contributed by atoms with E-state index in [0.717, 1.165) is 11.4 Å². The highest BCUT2D eigenvalue weighted by Gasteiger charge is 2.27. The van der Waals surface area contributed by atoms with Crippen molar-refractivity contribution in [3.8, 4) is 5.69 Å². The fourth-order valence-electron chi connectivity index (χ4n) is 1.73. The summed E-state index contributed by atoms with van der Waals surface area (Å²) in [5, 5.41) is 6.97. The molecule has 0 aliphatic carbocycles. The number of aromatic nitrogens is 2. The van der Waals surface area contributed by atoms with Crippen LogP contribution < -0.4 is 11.1 Å². The summed E-state index contributed by atoms with van der Waals surface area (Å²) in [4.78, 5) is 12.0. The molecule has 0 spiro atoms. The first-order valence-corrected chi connectivity index (χ1v) is 6.54. The number of nitrogens with two attached hydrogens (primary N) is 1. The molecule has 0 bridgehead atoms. The number of hydrogen-bond acceptors (Lipinski definition) is 3. The van der Waals surface area contributed by atoms with E-state index < -0.39 is 6.04 Å². The molecule has 1 aromatic heterocycles. The second kappa shape index (κ2) is 5.46. The maximum absolute atomic E-state index is 12.0. The van der Waals surface area contributed by atoms with E-state index in [2.05, 4.69) is 10.4 Å². The average Bonchev–Trinajstić information content (AvgIpc) is 2.91. The van der Waals surface area contributed by atoms with E-state index in [1.54, 1.807) is 10.9 Å². The van der Waals surface area contributed by atoms with Gasteiger partial charge in [-0.15, -0.1) is 0 Å². The van der Waals surface area contributed by atoms with Crippen molar-refractivity contribution in [1.82, 2.24) is 9.78 Å². The van der Waals surface area contributed by atoms with Crippen molar-refractivity contribution in [3.05, 3.63) is 42.7 Å². The number of nitrogens with zero attached hydrogens (tertiary/aromatic N) is 2. The molecule has 3 N–H and O–H groups in total. The van der Waals surface area contributed by atoms with Gasteiger partial charge in [-0.05, 0) is 35.7 Å². The van der Waals surface area contributed by atoms with Crippen LogP contribution in [-0.2, 0) is 4.79 Å². The normalized spacial score (nSPS) is 13.0. The Labute approximate surface area is 118 Å². The summed E-state index contributed by atoms with van der Waals surface area (Å²) in [6.45, 7) is 5.83. The zero-order valence-electron chi connectivity index (χ0n) is 12.0. The third kappa shape index (κ3) is 3.24. The molecule has 1 amide bonds. The van der Waals surface area contributed by atoms with Gasteiger partial charge in [-0.2, -0.15) is 5.10 Å². The van der Waals surface area contributed by atoms with Crippen LogP contribution in [0.25, 0.3) is 5.69 Å². The van der Waals surface area contributed by atoms with Crippen molar-refractivity contribution < 1.29 is 4.79 Å². The highest BCUT2D eigenvalue weighted by molar-refractivity contribution is 5.95. The van der Waals surface area contributed by atoms with Gasteiger partial charge in [-0.25, -0.2) is 4.68 Å². The van der Waals surface area contributed by atoms with Crippen LogP contribution in [0.15, 0.2) is 42.7 Å². The summed E-state index contributed by atoms with van der Waals surface area (Å²) >= 11 is 0. The summed E-state index contributed by atoms with van der Waals surface area (Å²) in [6, 6.07) is 8.77. The van der Waals surface area contributed by atoms with Gasteiger partial charge < -0.3 is 11.1 Å². The predicted molar refractivity (Wildman–Crippen MR) is 79.6 cm³/mol. The summed E-state index contributed by atoms with van der Waals surface area (Å²) in [7, 11) is 0. The lowest BCUT2D eigenvalue weighted by molar-refractivity contribution is -0.119. The Morgan fingerprint density at radius 3 is 2.45 bits per heavy atom. The summed E-state index contributed by atoms with van der Waals surface area (Å²) in [5.74, 6) is -0.177. The first-order chi connectivity index (χ1) is 9.38. The van der Waals surface area contributed by atoms with Crippen LogP contribution in [0.4, 0.5) is 5.69 Å². The molecule has 20 heavy (non-hydrogen) atoms. The van der Waals surface area contributed by atoms with Gasteiger partial charge in [0.2, 0.25) is 5.91 Å². The monoisotopic (exact) mass is 272 g/mol. The van der Waals surface area contributed by atoms with Gasteiger partial charge >= 0.3 is 0 Å². The van der Waals surface area contributed by atoms with Crippen molar-refractivity contribution in [1.29, 1.82) is 0 Å². The Bertz CT molecular complexity index is 567. The van der Waals surface area contributed by atoms with Gasteiger partial charge in [-0.3, -0.25) is 4.79 Å². The van der Waals surface area contributed by atoms with Gasteiger partial charge in [0.1, 0.15) is 0 Å². The van der Waals surface area contributed by atoms with Crippen LogP contribution in [0.3, 0.4) is 0 Å². The smallest absolute Gasteiger partial charge is 0.241 e.